The zero-order valence-electron chi connectivity index (χ0n) is 15.7. The van der Waals surface area contributed by atoms with Gasteiger partial charge in [-0.05, 0) is 36.4 Å². The molecular formula is C21H14F2N2O4S2. The van der Waals surface area contributed by atoms with Crippen LogP contribution in [0.1, 0.15) is 16.1 Å². The summed E-state index contributed by atoms with van der Waals surface area (Å²) in [6.07, 6.45) is 1.22. The quantitative estimate of drug-likeness (QED) is 0.442. The number of carbonyl (C=O) groups excluding carboxylic acids is 1. The van der Waals surface area contributed by atoms with Crippen molar-refractivity contribution in [1.29, 1.82) is 0 Å². The van der Waals surface area contributed by atoms with Crippen LogP contribution in [-0.4, -0.2) is 19.3 Å². The lowest BCUT2D eigenvalue weighted by atomic mass is 10.1. The molecular weight excluding hydrogens is 446 g/mol. The fraction of sp³-hybridized carbons (Fsp3) is 0.0476. The fourth-order valence-electron chi connectivity index (χ4n) is 2.87. The normalized spacial score (nSPS) is 11.4. The van der Waals surface area contributed by atoms with E-state index < -0.39 is 33.1 Å². The van der Waals surface area contributed by atoms with Crippen molar-refractivity contribution in [3.05, 3.63) is 89.2 Å². The second kappa shape index (κ2) is 8.40. The number of carbonyl (C=O) groups is 1. The number of aromatic nitrogens is 1. The van der Waals surface area contributed by atoms with Gasteiger partial charge in [0.25, 0.3) is 5.91 Å². The standard InChI is InChI=1S/C21H14F2N2O4S2/c22-14-6-7-17(23)16(10-14)18-11-30-21(24-18)25-20(26)19-13(8-9-29-19)12-31(27,28)15-4-2-1-3-5-15/h1-11H,12H2,(H,24,25,26). The number of halogens is 2. The van der Waals surface area contributed by atoms with Gasteiger partial charge in [-0.15, -0.1) is 11.3 Å². The molecule has 31 heavy (non-hydrogen) atoms. The van der Waals surface area contributed by atoms with Crippen LogP contribution in [0.4, 0.5) is 13.9 Å². The van der Waals surface area contributed by atoms with Crippen molar-refractivity contribution in [1.82, 2.24) is 4.98 Å². The number of hydrogen-bond acceptors (Lipinski definition) is 6. The molecule has 0 unspecified atom stereocenters. The lowest BCUT2D eigenvalue weighted by Gasteiger charge is -2.05. The number of anilines is 1. The molecule has 0 aliphatic heterocycles. The van der Waals surface area contributed by atoms with Crippen molar-refractivity contribution in [2.24, 2.45) is 0 Å². The van der Waals surface area contributed by atoms with E-state index in [0.29, 0.717) is 0 Å². The Balaban J connectivity index is 1.53. The zero-order chi connectivity index (χ0) is 22.0. The smallest absolute Gasteiger partial charge is 0.293 e. The molecule has 1 N–H and O–H groups in total. The van der Waals surface area contributed by atoms with Gasteiger partial charge in [-0.3, -0.25) is 10.1 Å². The molecule has 0 aliphatic carbocycles. The Morgan fingerprint density at radius 2 is 1.87 bits per heavy atom. The predicted octanol–water partition coefficient (Wildman–Crippen LogP) is 4.91. The molecule has 2 heterocycles. The minimum atomic E-state index is -3.68. The van der Waals surface area contributed by atoms with Crippen LogP contribution in [0.2, 0.25) is 0 Å². The zero-order valence-corrected chi connectivity index (χ0v) is 17.3. The number of rotatable bonds is 6. The minimum Gasteiger partial charge on any atom is -0.459 e. The molecule has 0 atom stereocenters. The average Bonchev–Trinajstić information content (AvgIpc) is 3.40. The summed E-state index contributed by atoms with van der Waals surface area (Å²) < 4.78 is 57.8. The maximum Gasteiger partial charge on any atom is 0.293 e. The Bertz CT molecular complexity index is 1350. The first-order chi connectivity index (χ1) is 14.8. The summed E-state index contributed by atoms with van der Waals surface area (Å²) in [6.45, 7) is 0. The summed E-state index contributed by atoms with van der Waals surface area (Å²) in [5, 5.41) is 4.09. The van der Waals surface area contributed by atoms with Crippen LogP contribution in [0.25, 0.3) is 11.3 Å². The van der Waals surface area contributed by atoms with Crippen molar-refractivity contribution >= 4 is 32.2 Å². The molecule has 2 aromatic heterocycles. The average molecular weight is 460 g/mol. The van der Waals surface area contributed by atoms with Crippen molar-refractivity contribution in [3.63, 3.8) is 0 Å². The highest BCUT2D eigenvalue weighted by Crippen LogP contribution is 2.28. The fourth-order valence-corrected chi connectivity index (χ4v) is 4.95. The van der Waals surface area contributed by atoms with Crippen LogP contribution in [0.15, 0.2) is 75.6 Å². The number of amides is 1. The van der Waals surface area contributed by atoms with Crippen molar-refractivity contribution in [2.45, 2.75) is 10.6 Å². The van der Waals surface area contributed by atoms with Crippen LogP contribution in [0, 0.1) is 11.6 Å². The van der Waals surface area contributed by atoms with Gasteiger partial charge in [-0.25, -0.2) is 22.2 Å². The first kappa shape index (κ1) is 20.9. The SMILES string of the molecule is O=C(Nc1nc(-c2cc(F)ccc2F)cs1)c1occc1CS(=O)(=O)c1ccccc1. The lowest BCUT2D eigenvalue weighted by molar-refractivity contribution is 0.0995. The van der Waals surface area contributed by atoms with Crippen LogP contribution < -0.4 is 5.32 Å². The first-order valence-electron chi connectivity index (χ1n) is 8.90. The Labute approximate surface area is 180 Å². The van der Waals surface area contributed by atoms with Gasteiger partial charge in [0.2, 0.25) is 0 Å². The van der Waals surface area contributed by atoms with Crippen molar-refractivity contribution in [2.75, 3.05) is 5.32 Å². The third-order valence-corrected chi connectivity index (χ3v) is 6.77. The third-order valence-electron chi connectivity index (χ3n) is 4.33. The number of hydrogen-bond donors (Lipinski definition) is 1. The lowest BCUT2D eigenvalue weighted by Crippen LogP contribution is -2.14. The highest BCUT2D eigenvalue weighted by molar-refractivity contribution is 7.90. The molecule has 158 valence electrons. The summed E-state index contributed by atoms with van der Waals surface area (Å²) in [4.78, 5) is 16.9. The van der Waals surface area contributed by atoms with Gasteiger partial charge in [0.05, 0.1) is 22.6 Å². The molecule has 10 heteroatoms. The highest BCUT2D eigenvalue weighted by atomic mass is 32.2. The Morgan fingerprint density at radius 3 is 2.65 bits per heavy atom. The van der Waals surface area contributed by atoms with E-state index in [1.54, 1.807) is 18.2 Å². The first-order valence-corrected chi connectivity index (χ1v) is 11.4. The summed E-state index contributed by atoms with van der Waals surface area (Å²) in [5.74, 6) is -2.57. The van der Waals surface area contributed by atoms with Gasteiger partial charge in [-0.2, -0.15) is 0 Å². The molecule has 0 radical (unpaired) electrons. The topological polar surface area (TPSA) is 89.3 Å². The van der Waals surface area contributed by atoms with Crippen LogP contribution in [0.3, 0.4) is 0 Å². The molecule has 0 saturated carbocycles. The number of nitrogens with zero attached hydrogens (tertiary/aromatic N) is 1. The summed E-state index contributed by atoms with van der Waals surface area (Å²) in [6, 6.07) is 12.3. The monoisotopic (exact) mass is 460 g/mol. The second-order valence-electron chi connectivity index (χ2n) is 6.46. The summed E-state index contributed by atoms with van der Waals surface area (Å²) in [7, 11) is -3.68. The van der Waals surface area contributed by atoms with Crippen LogP contribution in [0.5, 0.6) is 0 Å². The molecule has 0 spiro atoms. The number of sulfone groups is 1. The molecule has 0 bridgehead atoms. The van der Waals surface area contributed by atoms with E-state index in [1.807, 2.05) is 0 Å². The third kappa shape index (κ3) is 4.54. The molecule has 4 aromatic rings. The van der Waals surface area contributed by atoms with E-state index in [-0.39, 0.29) is 32.6 Å². The van der Waals surface area contributed by atoms with E-state index in [1.165, 1.54) is 29.8 Å². The maximum absolute atomic E-state index is 13.9. The van der Waals surface area contributed by atoms with E-state index in [4.69, 9.17) is 4.42 Å². The van der Waals surface area contributed by atoms with Crippen LogP contribution >= 0.6 is 11.3 Å². The predicted molar refractivity (Wildman–Crippen MR) is 111 cm³/mol. The molecule has 0 fully saturated rings. The molecule has 2 aromatic carbocycles. The highest BCUT2D eigenvalue weighted by Gasteiger charge is 2.23. The maximum atomic E-state index is 13.9. The summed E-state index contributed by atoms with van der Waals surface area (Å²) in [5.41, 5.74) is 0.308. The Hall–Kier alpha value is -3.37. The van der Waals surface area contributed by atoms with E-state index in [2.05, 4.69) is 10.3 Å². The van der Waals surface area contributed by atoms with Gasteiger partial charge < -0.3 is 4.42 Å². The number of nitrogens with one attached hydrogen (secondary N) is 1. The van der Waals surface area contributed by atoms with Gasteiger partial charge in [0.1, 0.15) is 11.6 Å². The van der Waals surface area contributed by atoms with Gasteiger partial charge in [-0.1, -0.05) is 18.2 Å². The Morgan fingerprint density at radius 1 is 1.10 bits per heavy atom. The van der Waals surface area contributed by atoms with Gasteiger partial charge >= 0.3 is 0 Å². The molecule has 0 saturated heterocycles. The number of furan rings is 1. The largest absolute Gasteiger partial charge is 0.459 e. The molecule has 1 amide bonds. The molecule has 0 aliphatic rings. The van der Waals surface area contributed by atoms with Crippen molar-refractivity contribution in [3.8, 4) is 11.3 Å². The molecule has 4 rings (SSSR count). The van der Waals surface area contributed by atoms with Crippen LogP contribution in [-0.2, 0) is 15.6 Å². The van der Waals surface area contributed by atoms with Crippen molar-refractivity contribution < 1.29 is 26.4 Å². The summed E-state index contributed by atoms with van der Waals surface area (Å²) >= 11 is 1.01. The van der Waals surface area contributed by atoms with E-state index in [9.17, 15) is 22.0 Å². The second-order valence-corrected chi connectivity index (χ2v) is 9.31. The number of thiazole rings is 1. The van der Waals surface area contributed by atoms with E-state index in [0.717, 1.165) is 29.5 Å². The van der Waals surface area contributed by atoms with Gasteiger partial charge in [0, 0.05) is 16.5 Å². The van der Waals surface area contributed by atoms with Gasteiger partial charge in [0.15, 0.2) is 20.7 Å². The Kier molecular flexibility index (Phi) is 5.66. The van der Waals surface area contributed by atoms with E-state index >= 15 is 0 Å². The number of benzene rings is 2. The molecule has 6 nitrogen and oxygen atoms in total. The minimum absolute atomic E-state index is 0.0376.